The number of anilines is 2. The minimum atomic E-state index is 0.630. The molecule has 6 nitrogen and oxygen atoms in total. The van der Waals surface area contributed by atoms with Crippen molar-refractivity contribution in [2.75, 3.05) is 31.4 Å². The highest BCUT2D eigenvalue weighted by Gasteiger charge is 2.05. The third-order valence-corrected chi connectivity index (χ3v) is 4.38. The van der Waals surface area contributed by atoms with E-state index in [0.29, 0.717) is 12.3 Å². The minimum Gasteiger partial charge on any atom is -0.493 e. The molecule has 146 valence electrons. The van der Waals surface area contributed by atoms with Crippen molar-refractivity contribution in [2.45, 2.75) is 19.4 Å². The number of aryl methyl sites for hydroxylation is 1. The van der Waals surface area contributed by atoms with Crippen LogP contribution in [0.3, 0.4) is 0 Å². The van der Waals surface area contributed by atoms with Crippen LogP contribution in [0.1, 0.15) is 17.5 Å². The van der Waals surface area contributed by atoms with E-state index < -0.39 is 0 Å². The topological polar surface area (TPSA) is 68.3 Å². The van der Waals surface area contributed by atoms with Crippen molar-refractivity contribution < 1.29 is 9.47 Å². The lowest BCUT2D eigenvalue weighted by atomic mass is 10.1. The highest BCUT2D eigenvalue weighted by atomic mass is 16.5. The maximum Gasteiger partial charge on any atom is 0.161 e. The predicted octanol–water partition coefficient (Wildman–Crippen LogP) is 4.15. The SMILES string of the molecule is COc1ccc(CNc2cc(NCCCc3ccccc3)ncn2)cc1OC. The lowest BCUT2D eigenvalue weighted by Gasteiger charge is -2.11. The molecule has 0 aliphatic carbocycles. The molecule has 0 aliphatic rings. The van der Waals surface area contributed by atoms with Crippen LogP contribution in [0.25, 0.3) is 0 Å². The molecule has 3 rings (SSSR count). The molecule has 2 aromatic carbocycles. The van der Waals surface area contributed by atoms with Crippen LogP contribution in [0.4, 0.5) is 11.6 Å². The van der Waals surface area contributed by atoms with E-state index in [1.54, 1.807) is 20.5 Å². The van der Waals surface area contributed by atoms with E-state index in [4.69, 9.17) is 9.47 Å². The van der Waals surface area contributed by atoms with Gasteiger partial charge in [-0.1, -0.05) is 36.4 Å². The second-order valence-corrected chi connectivity index (χ2v) is 6.35. The summed E-state index contributed by atoms with van der Waals surface area (Å²) in [6.45, 7) is 1.49. The highest BCUT2D eigenvalue weighted by molar-refractivity contribution is 5.48. The summed E-state index contributed by atoms with van der Waals surface area (Å²) in [6.07, 6.45) is 3.65. The van der Waals surface area contributed by atoms with Crippen LogP contribution in [0.2, 0.25) is 0 Å². The third kappa shape index (κ3) is 5.61. The van der Waals surface area contributed by atoms with Crippen molar-refractivity contribution in [2.24, 2.45) is 0 Å². The van der Waals surface area contributed by atoms with E-state index in [1.807, 2.05) is 30.3 Å². The Balaban J connectivity index is 1.49. The van der Waals surface area contributed by atoms with Gasteiger partial charge in [-0.2, -0.15) is 0 Å². The summed E-state index contributed by atoms with van der Waals surface area (Å²) in [7, 11) is 3.26. The molecule has 3 aromatic rings. The van der Waals surface area contributed by atoms with Gasteiger partial charge in [0.2, 0.25) is 0 Å². The fourth-order valence-electron chi connectivity index (χ4n) is 2.89. The molecule has 6 heteroatoms. The van der Waals surface area contributed by atoms with Crippen molar-refractivity contribution in [1.29, 1.82) is 0 Å². The summed E-state index contributed by atoms with van der Waals surface area (Å²) in [5.74, 6) is 3.02. The van der Waals surface area contributed by atoms with Crippen molar-refractivity contribution in [3.63, 3.8) is 0 Å². The Morgan fingerprint density at radius 3 is 2.29 bits per heavy atom. The molecule has 0 atom stereocenters. The van der Waals surface area contributed by atoms with Gasteiger partial charge >= 0.3 is 0 Å². The van der Waals surface area contributed by atoms with Gasteiger partial charge in [0.15, 0.2) is 11.5 Å². The van der Waals surface area contributed by atoms with Gasteiger partial charge < -0.3 is 20.1 Å². The first-order chi connectivity index (χ1) is 13.8. The molecule has 28 heavy (non-hydrogen) atoms. The Morgan fingerprint density at radius 2 is 1.54 bits per heavy atom. The standard InChI is InChI=1S/C22H26N4O2/c1-27-19-11-10-18(13-20(19)28-2)15-24-22-14-21(25-16-26-22)23-12-6-9-17-7-4-3-5-8-17/h3-5,7-8,10-11,13-14,16H,6,9,12,15H2,1-2H3,(H2,23,24,25,26). The van der Waals surface area contributed by atoms with E-state index in [0.717, 1.165) is 42.3 Å². The van der Waals surface area contributed by atoms with E-state index in [2.05, 4.69) is 44.9 Å². The second-order valence-electron chi connectivity index (χ2n) is 6.35. The lowest BCUT2D eigenvalue weighted by molar-refractivity contribution is 0.354. The minimum absolute atomic E-state index is 0.630. The summed E-state index contributed by atoms with van der Waals surface area (Å²) < 4.78 is 10.6. The number of hydrogen-bond donors (Lipinski definition) is 2. The molecule has 0 saturated carbocycles. The Kier molecular flexibility index (Phi) is 7.07. The zero-order chi connectivity index (χ0) is 19.6. The van der Waals surface area contributed by atoms with E-state index in [1.165, 1.54) is 5.56 Å². The number of rotatable bonds is 10. The van der Waals surface area contributed by atoms with Gasteiger partial charge in [-0.3, -0.25) is 0 Å². The highest BCUT2D eigenvalue weighted by Crippen LogP contribution is 2.27. The Hall–Kier alpha value is -3.28. The van der Waals surface area contributed by atoms with Crippen LogP contribution in [0.5, 0.6) is 11.5 Å². The van der Waals surface area contributed by atoms with Crippen LogP contribution >= 0.6 is 0 Å². The molecule has 1 aromatic heterocycles. The fraction of sp³-hybridized carbons (Fsp3) is 0.273. The van der Waals surface area contributed by atoms with Gasteiger partial charge in [0.05, 0.1) is 14.2 Å². The maximum atomic E-state index is 5.35. The second kappa shape index (κ2) is 10.2. The van der Waals surface area contributed by atoms with Gasteiger partial charge in [0.1, 0.15) is 18.0 Å². The van der Waals surface area contributed by atoms with Crippen LogP contribution in [0, 0.1) is 0 Å². The van der Waals surface area contributed by atoms with Gasteiger partial charge in [-0.05, 0) is 36.1 Å². The Morgan fingerprint density at radius 1 is 0.786 bits per heavy atom. The van der Waals surface area contributed by atoms with Crippen molar-refractivity contribution in [3.05, 3.63) is 72.1 Å². The molecule has 0 fully saturated rings. The van der Waals surface area contributed by atoms with Crippen molar-refractivity contribution in [1.82, 2.24) is 9.97 Å². The fourth-order valence-corrected chi connectivity index (χ4v) is 2.89. The number of benzene rings is 2. The lowest BCUT2D eigenvalue weighted by Crippen LogP contribution is -2.07. The smallest absolute Gasteiger partial charge is 0.161 e. The number of methoxy groups -OCH3 is 2. The maximum absolute atomic E-state index is 5.35. The summed E-state index contributed by atoms with van der Waals surface area (Å²) in [4.78, 5) is 8.58. The number of ether oxygens (including phenoxy) is 2. The Labute approximate surface area is 166 Å². The summed E-state index contributed by atoms with van der Waals surface area (Å²) in [5, 5.41) is 6.68. The first-order valence-corrected chi connectivity index (χ1v) is 9.33. The van der Waals surface area contributed by atoms with Crippen molar-refractivity contribution in [3.8, 4) is 11.5 Å². The zero-order valence-corrected chi connectivity index (χ0v) is 16.3. The molecule has 1 heterocycles. The number of hydrogen-bond acceptors (Lipinski definition) is 6. The quantitative estimate of drug-likeness (QED) is 0.517. The monoisotopic (exact) mass is 378 g/mol. The molecule has 0 amide bonds. The van der Waals surface area contributed by atoms with E-state index in [9.17, 15) is 0 Å². The molecular formula is C22H26N4O2. The zero-order valence-electron chi connectivity index (χ0n) is 16.3. The normalized spacial score (nSPS) is 10.4. The van der Waals surface area contributed by atoms with Crippen molar-refractivity contribution >= 4 is 11.6 Å². The molecule has 0 spiro atoms. The molecule has 0 bridgehead atoms. The number of aromatic nitrogens is 2. The van der Waals surface area contributed by atoms with Crippen LogP contribution in [0.15, 0.2) is 60.9 Å². The molecule has 0 radical (unpaired) electrons. The van der Waals surface area contributed by atoms with Crippen LogP contribution < -0.4 is 20.1 Å². The molecule has 2 N–H and O–H groups in total. The summed E-state index contributed by atoms with van der Waals surface area (Å²) in [5.41, 5.74) is 2.43. The first-order valence-electron chi connectivity index (χ1n) is 9.33. The Bertz CT molecular complexity index is 871. The molecule has 0 unspecified atom stereocenters. The molecule has 0 aliphatic heterocycles. The molecular weight excluding hydrogens is 352 g/mol. The largest absolute Gasteiger partial charge is 0.493 e. The van der Waals surface area contributed by atoms with Gasteiger partial charge in [-0.25, -0.2) is 9.97 Å². The van der Waals surface area contributed by atoms with Gasteiger partial charge in [0.25, 0.3) is 0 Å². The van der Waals surface area contributed by atoms with Gasteiger partial charge in [-0.15, -0.1) is 0 Å². The summed E-state index contributed by atoms with van der Waals surface area (Å²) >= 11 is 0. The number of nitrogens with one attached hydrogen (secondary N) is 2. The van der Waals surface area contributed by atoms with Gasteiger partial charge in [0, 0.05) is 19.2 Å². The molecule has 0 saturated heterocycles. The average molecular weight is 378 g/mol. The average Bonchev–Trinajstić information content (AvgIpc) is 2.76. The van der Waals surface area contributed by atoms with Crippen LogP contribution in [-0.2, 0) is 13.0 Å². The summed E-state index contributed by atoms with van der Waals surface area (Å²) in [6, 6.07) is 18.3. The van der Waals surface area contributed by atoms with E-state index in [-0.39, 0.29) is 0 Å². The predicted molar refractivity (Wildman–Crippen MR) is 112 cm³/mol. The first kappa shape index (κ1) is 19.5. The van der Waals surface area contributed by atoms with Crippen LogP contribution in [-0.4, -0.2) is 30.7 Å². The number of nitrogens with zero attached hydrogens (tertiary/aromatic N) is 2. The van der Waals surface area contributed by atoms with E-state index >= 15 is 0 Å². The third-order valence-electron chi connectivity index (χ3n) is 4.38.